The van der Waals surface area contributed by atoms with E-state index in [2.05, 4.69) is 5.10 Å². The van der Waals surface area contributed by atoms with Gasteiger partial charge in [-0.2, -0.15) is 9.40 Å². The van der Waals surface area contributed by atoms with Crippen molar-refractivity contribution in [2.24, 2.45) is 5.73 Å². The van der Waals surface area contributed by atoms with Crippen LogP contribution in [0.1, 0.15) is 12.8 Å². The van der Waals surface area contributed by atoms with Gasteiger partial charge >= 0.3 is 0 Å². The molecule has 8 heteroatoms. The van der Waals surface area contributed by atoms with Crippen molar-refractivity contribution in [1.29, 1.82) is 0 Å². The Morgan fingerprint density at radius 1 is 1.26 bits per heavy atom. The second-order valence-corrected chi connectivity index (χ2v) is 7.47. The van der Waals surface area contributed by atoms with Gasteiger partial charge in [-0.1, -0.05) is 12.1 Å². The number of methoxy groups -OCH3 is 1. The van der Waals surface area contributed by atoms with E-state index in [1.165, 1.54) is 21.4 Å². The summed E-state index contributed by atoms with van der Waals surface area (Å²) in [6.45, 7) is 0.896. The number of piperidine rings is 1. The van der Waals surface area contributed by atoms with Gasteiger partial charge in [-0.15, -0.1) is 0 Å². The SMILES string of the molecule is COc1ccccc1-n1cc(S(=O)(=O)N2CCC(N)CC2)cn1. The topological polar surface area (TPSA) is 90.5 Å². The summed E-state index contributed by atoms with van der Waals surface area (Å²) in [5, 5.41) is 4.18. The average Bonchev–Trinajstić information content (AvgIpc) is 3.06. The lowest BCUT2D eigenvalue weighted by molar-refractivity contribution is 0.320. The van der Waals surface area contributed by atoms with Crippen LogP contribution < -0.4 is 10.5 Å². The number of hydrogen-bond acceptors (Lipinski definition) is 5. The third-order valence-electron chi connectivity index (χ3n) is 4.03. The van der Waals surface area contributed by atoms with E-state index in [0.29, 0.717) is 37.4 Å². The number of sulfonamides is 1. The van der Waals surface area contributed by atoms with E-state index >= 15 is 0 Å². The van der Waals surface area contributed by atoms with Crippen LogP contribution in [0.25, 0.3) is 5.69 Å². The van der Waals surface area contributed by atoms with Crippen molar-refractivity contribution < 1.29 is 13.2 Å². The zero-order valence-electron chi connectivity index (χ0n) is 12.9. The Morgan fingerprint density at radius 2 is 1.96 bits per heavy atom. The van der Waals surface area contributed by atoms with E-state index in [-0.39, 0.29) is 10.9 Å². The van der Waals surface area contributed by atoms with Crippen molar-refractivity contribution in [2.75, 3.05) is 20.2 Å². The van der Waals surface area contributed by atoms with Gasteiger partial charge in [-0.05, 0) is 25.0 Å². The highest BCUT2D eigenvalue weighted by atomic mass is 32.2. The van der Waals surface area contributed by atoms with Crippen LogP contribution in [0.2, 0.25) is 0 Å². The number of aromatic nitrogens is 2. The van der Waals surface area contributed by atoms with Crippen LogP contribution in [-0.2, 0) is 10.0 Å². The number of ether oxygens (including phenoxy) is 1. The molecule has 23 heavy (non-hydrogen) atoms. The third-order valence-corrected chi connectivity index (χ3v) is 5.88. The van der Waals surface area contributed by atoms with Crippen LogP contribution >= 0.6 is 0 Å². The van der Waals surface area contributed by atoms with Crippen LogP contribution in [0.3, 0.4) is 0 Å². The molecule has 0 saturated carbocycles. The van der Waals surface area contributed by atoms with E-state index in [4.69, 9.17) is 10.5 Å². The van der Waals surface area contributed by atoms with E-state index < -0.39 is 10.0 Å². The molecule has 2 heterocycles. The summed E-state index contributed by atoms with van der Waals surface area (Å²) in [4.78, 5) is 0.180. The molecular formula is C15H20N4O3S. The molecule has 0 spiro atoms. The maximum absolute atomic E-state index is 12.7. The van der Waals surface area contributed by atoms with Crippen molar-refractivity contribution in [3.8, 4) is 11.4 Å². The normalized spacial score (nSPS) is 17.3. The molecular weight excluding hydrogens is 316 g/mol. The average molecular weight is 336 g/mol. The molecule has 0 amide bonds. The minimum Gasteiger partial charge on any atom is -0.494 e. The van der Waals surface area contributed by atoms with Gasteiger partial charge in [-0.3, -0.25) is 0 Å². The molecule has 0 unspecified atom stereocenters. The molecule has 2 aromatic rings. The van der Waals surface area contributed by atoms with Crippen LogP contribution in [-0.4, -0.2) is 48.7 Å². The van der Waals surface area contributed by atoms with Crippen molar-refractivity contribution in [3.63, 3.8) is 0 Å². The molecule has 7 nitrogen and oxygen atoms in total. The first kappa shape index (κ1) is 16.0. The number of para-hydroxylation sites is 2. The van der Waals surface area contributed by atoms with Crippen molar-refractivity contribution in [2.45, 2.75) is 23.8 Å². The van der Waals surface area contributed by atoms with Crippen molar-refractivity contribution in [3.05, 3.63) is 36.7 Å². The lowest BCUT2D eigenvalue weighted by Gasteiger charge is -2.28. The molecule has 2 N–H and O–H groups in total. The fourth-order valence-corrected chi connectivity index (χ4v) is 4.06. The van der Waals surface area contributed by atoms with Gasteiger partial charge < -0.3 is 10.5 Å². The molecule has 1 aliphatic heterocycles. The summed E-state index contributed by atoms with van der Waals surface area (Å²) in [6.07, 6.45) is 4.25. The Morgan fingerprint density at radius 3 is 2.65 bits per heavy atom. The number of benzene rings is 1. The van der Waals surface area contributed by atoms with E-state index in [9.17, 15) is 8.42 Å². The summed E-state index contributed by atoms with van der Waals surface area (Å²) < 4.78 is 33.7. The van der Waals surface area contributed by atoms with Gasteiger partial charge in [-0.25, -0.2) is 13.1 Å². The fourth-order valence-electron chi connectivity index (χ4n) is 2.66. The highest BCUT2D eigenvalue weighted by Gasteiger charge is 2.29. The summed E-state index contributed by atoms with van der Waals surface area (Å²) in [7, 11) is -1.97. The molecule has 1 aromatic carbocycles. The zero-order valence-corrected chi connectivity index (χ0v) is 13.7. The molecule has 0 atom stereocenters. The maximum atomic E-state index is 12.7. The van der Waals surface area contributed by atoms with Crippen molar-refractivity contribution in [1.82, 2.24) is 14.1 Å². The quantitative estimate of drug-likeness (QED) is 0.899. The number of nitrogens with two attached hydrogens (primary N) is 1. The first-order valence-electron chi connectivity index (χ1n) is 7.46. The molecule has 124 valence electrons. The molecule has 0 bridgehead atoms. The van der Waals surface area contributed by atoms with Gasteiger partial charge in [0, 0.05) is 19.1 Å². The molecule has 1 aromatic heterocycles. The van der Waals surface area contributed by atoms with Crippen LogP contribution in [0.5, 0.6) is 5.75 Å². The Kier molecular flexibility index (Phi) is 4.38. The standard InChI is InChI=1S/C15H20N4O3S/c1-22-15-5-3-2-4-14(15)19-11-13(10-17-19)23(20,21)18-8-6-12(16)7-9-18/h2-5,10-12H,6-9,16H2,1H3. The molecule has 1 fully saturated rings. The minimum atomic E-state index is -3.54. The van der Waals surface area contributed by atoms with E-state index in [1.807, 2.05) is 18.2 Å². The van der Waals surface area contributed by atoms with Crippen LogP contribution in [0.4, 0.5) is 0 Å². The first-order valence-corrected chi connectivity index (χ1v) is 8.90. The van der Waals surface area contributed by atoms with Gasteiger partial charge in [0.2, 0.25) is 10.0 Å². The minimum absolute atomic E-state index is 0.0813. The predicted octanol–water partition coefficient (Wildman–Crippen LogP) is 0.993. The number of rotatable bonds is 4. The van der Waals surface area contributed by atoms with E-state index in [1.54, 1.807) is 13.2 Å². The maximum Gasteiger partial charge on any atom is 0.246 e. The Bertz CT molecular complexity index is 780. The fraction of sp³-hybridized carbons (Fsp3) is 0.400. The molecule has 0 radical (unpaired) electrons. The Hall–Kier alpha value is -1.90. The Labute approximate surface area is 135 Å². The first-order chi connectivity index (χ1) is 11.0. The predicted molar refractivity (Wildman–Crippen MR) is 86.1 cm³/mol. The number of hydrogen-bond donors (Lipinski definition) is 1. The van der Waals surface area contributed by atoms with Gasteiger partial charge in [0.05, 0.1) is 19.5 Å². The van der Waals surface area contributed by atoms with Gasteiger partial charge in [0.25, 0.3) is 0 Å². The largest absolute Gasteiger partial charge is 0.494 e. The smallest absolute Gasteiger partial charge is 0.246 e. The van der Waals surface area contributed by atoms with Crippen molar-refractivity contribution >= 4 is 10.0 Å². The summed E-state index contributed by atoms with van der Waals surface area (Å²) in [5.74, 6) is 0.628. The highest BCUT2D eigenvalue weighted by Crippen LogP contribution is 2.24. The second-order valence-electron chi connectivity index (χ2n) is 5.53. The summed E-state index contributed by atoms with van der Waals surface area (Å²) in [6, 6.07) is 7.40. The molecule has 3 rings (SSSR count). The Balaban J connectivity index is 1.89. The lowest BCUT2D eigenvalue weighted by atomic mass is 10.1. The molecule has 1 saturated heterocycles. The zero-order chi connectivity index (χ0) is 16.4. The van der Waals surface area contributed by atoms with Gasteiger partial charge in [0.15, 0.2) is 0 Å². The number of nitrogens with zero attached hydrogens (tertiary/aromatic N) is 3. The second kappa shape index (κ2) is 6.31. The summed E-state index contributed by atoms with van der Waals surface area (Å²) in [5.41, 5.74) is 6.53. The molecule has 0 aliphatic carbocycles. The highest BCUT2D eigenvalue weighted by molar-refractivity contribution is 7.89. The van der Waals surface area contributed by atoms with Crippen LogP contribution in [0.15, 0.2) is 41.6 Å². The lowest BCUT2D eigenvalue weighted by Crippen LogP contribution is -2.42. The molecule has 1 aliphatic rings. The third kappa shape index (κ3) is 3.10. The van der Waals surface area contributed by atoms with E-state index in [0.717, 1.165) is 0 Å². The monoisotopic (exact) mass is 336 g/mol. The van der Waals surface area contributed by atoms with Gasteiger partial charge in [0.1, 0.15) is 16.3 Å². The summed E-state index contributed by atoms with van der Waals surface area (Å²) >= 11 is 0. The van der Waals surface area contributed by atoms with Crippen LogP contribution in [0, 0.1) is 0 Å².